The van der Waals surface area contributed by atoms with E-state index in [-0.39, 0.29) is 12.5 Å². The van der Waals surface area contributed by atoms with Crippen molar-refractivity contribution in [3.05, 3.63) is 23.8 Å². The first-order chi connectivity index (χ1) is 8.30. The van der Waals surface area contributed by atoms with Gasteiger partial charge in [0.05, 0.1) is 11.5 Å². The lowest BCUT2D eigenvalue weighted by atomic mass is 9.94. The number of nitrogens with zero attached hydrogens (tertiary/aromatic N) is 1. The smallest absolute Gasteiger partial charge is 0.161 e. The van der Waals surface area contributed by atoms with Crippen LogP contribution < -0.4 is 9.47 Å². The van der Waals surface area contributed by atoms with Crippen molar-refractivity contribution in [3.63, 3.8) is 0 Å². The molecule has 0 spiro atoms. The lowest BCUT2D eigenvalue weighted by molar-refractivity contribution is 0.171. The molecule has 2 atom stereocenters. The molecule has 4 nitrogen and oxygen atoms in total. The monoisotopic (exact) mass is 231 g/mol. The fraction of sp³-hybridized carbons (Fsp3) is 0.462. The Morgan fingerprint density at radius 3 is 2.76 bits per heavy atom. The van der Waals surface area contributed by atoms with Crippen LogP contribution in [0, 0.1) is 17.2 Å². The molecule has 1 aliphatic carbocycles. The predicted octanol–water partition coefficient (Wildman–Crippen LogP) is 1.23. The molecule has 0 bridgehead atoms. The van der Waals surface area contributed by atoms with Gasteiger partial charge in [-0.2, -0.15) is 5.26 Å². The SMILES string of the molecule is N#CC1(c2ccc3c(c2)OCCO3)CC1CO. The number of aliphatic hydroxyl groups is 1. The molecule has 17 heavy (non-hydrogen) atoms. The van der Waals surface area contributed by atoms with Crippen LogP contribution in [0.3, 0.4) is 0 Å². The van der Waals surface area contributed by atoms with Crippen molar-refractivity contribution < 1.29 is 14.6 Å². The second-order valence-electron chi connectivity index (χ2n) is 4.53. The van der Waals surface area contributed by atoms with Crippen molar-refractivity contribution in [1.82, 2.24) is 0 Å². The number of benzene rings is 1. The molecule has 1 aromatic rings. The molecule has 1 N–H and O–H groups in total. The maximum absolute atomic E-state index is 9.28. The van der Waals surface area contributed by atoms with E-state index in [0.717, 1.165) is 17.7 Å². The Kier molecular flexibility index (Phi) is 2.23. The van der Waals surface area contributed by atoms with Crippen LogP contribution in [0.15, 0.2) is 18.2 Å². The van der Waals surface area contributed by atoms with E-state index in [0.29, 0.717) is 19.0 Å². The highest BCUT2D eigenvalue weighted by Gasteiger charge is 2.56. The summed E-state index contributed by atoms with van der Waals surface area (Å²) in [7, 11) is 0. The van der Waals surface area contributed by atoms with Crippen LogP contribution in [0.2, 0.25) is 0 Å². The zero-order chi connectivity index (χ0) is 11.9. The van der Waals surface area contributed by atoms with E-state index in [4.69, 9.17) is 14.6 Å². The molecule has 3 rings (SSSR count). The molecule has 1 saturated carbocycles. The Balaban J connectivity index is 1.97. The van der Waals surface area contributed by atoms with Gasteiger partial charge in [-0.15, -0.1) is 0 Å². The normalized spacial score (nSPS) is 29.5. The quantitative estimate of drug-likeness (QED) is 0.831. The van der Waals surface area contributed by atoms with Gasteiger partial charge in [0.25, 0.3) is 0 Å². The summed E-state index contributed by atoms with van der Waals surface area (Å²) in [5.41, 5.74) is 0.396. The van der Waals surface area contributed by atoms with Gasteiger partial charge in [-0.1, -0.05) is 6.07 Å². The van der Waals surface area contributed by atoms with Gasteiger partial charge in [0, 0.05) is 12.5 Å². The minimum atomic E-state index is -0.523. The lowest BCUT2D eigenvalue weighted by Gasteiger charge is -2.20. The fourth-order valence-corrected chi connectivity index (χ4v) is 2.43. The first-order valence-electron chi connectivity index (χ1n) is 5.72. The minimum Gasteiger partial charge on any atom is -0.486 e. The van der Waals surface area contributed by atoms with Gasteiger partial charge in [-0.05, 0) is 24.1 Å². The Labute approximate surface area is 99.4 Å². The zero-order valence-corrected chi connectivity index (χ0v) is 9.35. The van der Waals surface area contributed by atoms with E-state index in [1.165, 1.54) is 0 Å². The number of nitriles is 1. The Morgan fingerprint density at radius 1 is 1.35 bits per heavy atom. The second kappa shape index (κ2) is 3.64. The minimum absolute atomic E-state index is 0.0510. The van der Waals surface area contributed by atoms with Crippen LogP contribution in [0.25, 0.3) is 0 Å². The van der Waals surface area contributed by atoms with Gasteiger partial charge in [0.2, 0.25) is 0 Å². The molecule has 0 amide bonds. The van der Waals surface area contributed by atoms with E-state index < -0.39 is 5.41 Å². The number of rotatable bonds is 2. The molecular weight excluding hydrogens is 218 g/mol. The van der Waals surface area contributed by atoms with Crippen LogP contribution in [0.4, 0.5) is 0 Å². The fourth-order valence-electron chi connectivity index (χ4n) is 2.43. The van der Waals surface area contributed by atoms with Crippen molar-refractivity contribution in [3.8, 4) is 17.6 Å². The van der Waals surface area contributed by atoms with Crippen molar-refractivity contribution in [2.24, 2.45) is 5.92 Å². The van der Waals surface area contributed by atoms with E-state index in [1.54, 1.807) is 0 Å². The third kappa shape index (κ3) is 1.47. The van der Waals surface area contributed by atoms with Crippen LogP contribution in [0.5, 0.6) is 11.5 Å². The van der Waals surface area contributed by atoms with Gasteiger partial charge < -0.3 is 14.6 Å². The maximum Gasteiger partial charge on any atom is 0.161 e. The highest BCUT2D eigenvalue weighted by Crippen LogP contribution is 2.54. The first kappa shape index (κ1) is 10.4. The Bertz CT molecular complexity index is 494. The average Bonchev–Trinajstić information content (AvgIpc) is 3.13. The second-order valence-corrected chi connectivity index (χ2v) is 4.53. The highest BCUT2D eigenvalue weighted by molar-refractivity contribution is 5.50. The molecule has 1 heterocycles. The number of hydrogen-bond acceptors (Lipinski definition) is 4. The molecule has 0 radical (unpaired) electrons. The van der Waals surface area contributed by atoms with Crippen molar-refractivity contribution >= 4 is 0 Å². The van der Waals surface area contributed by atoms with Crippen molar-refractivity contribution in [2.75, 3.05) is 19.8 Å². The molecule has 0 aromatic heterocycles. The molecule has 1 aromatic carbocycles. The van der Waals surface area contributed by atoms with Crippen molar-refractivity contribution in [2.45, 2.75) is 11.8 Å². The molecule has 88 valence electrons. The number of aliphatic hydroxyl groups excluding tert-OH is 1. The van der Waals surface area contributed by atoms with Gasteiger partial charge in [0.1, 0.15) is 13.2 Å². The van der Waals surface area contributed by atoms with Gasteiger partial charge in [-0.25, -0.2) is 0 Å². The standard InChI is InChI=1S/C13H13NO3/c14-8-13(6-10(13)7-15)9-1-2-11-12(5-9)17-4-3-16-11/h1-2,5,10,15H,3-4,6-7H2. The Hall–Kier alpha value is -1.73. The average molecular weight is 231 g/mol. The summed E-state index contributed by atoms with van der Waals surface area (Å²) in [4.78, 5) is 0. The third-order valence-corrected chi connectivity index (χ3v) is 3.58. The van der Waals surface area contributed by atoms with Crippen LogP contribution >= 0.6 is 0 Å². The van der Waals surface area contributed by atoms with Gasteiger partial charge in [0.15, 0.2) is 11.5 Å². The summed E-state index contributed by atoms with van der Waals surface area (Å²) >= 11 is 0. The first-order valence-corrected chi connectivity index (χ1v) is 5.72. The number of fused-ring (bicyclic) bond motifs is 1. The third-order valence-electron chi connectivity index (χ3n) is 3.58. The van der Waals surface area contributed by atoms with E-state index in [9.17, 15) is 5.26 Å². The number of hydrogen-bond donors (Lipinski definition) is 1. The predicted molar refractivity (Wildman–Crippen MR) is 59.9 cm³/mol. The molecule has 0 saturated heterocycles. The maximum atomic E-state index is 9.28. The van der Waals surface area contributed by atoms with Crippen LogP contribution in [0.1, 0.15) is 12.0 Å². The molecule has 2 unspecified atom stereocenters. The summed E-state index contributed by atoms with van der Waals surface area (Å²) in [6.45, 7) is 1.16. The molecule has 1 fully saturated rings. The van der Waals surface area contributed by atoms with Crippen LogP contribution in [-0.4, -0.2) is 24.9 Å². The summed E-state index contributed by atoms with van der Waals surface area (Å²) in [6.07, 6.45) is 0.722. The Morgan fingerprint density at radius 2 is 2.12 bits per heavy atom. The summed E-state index contributed by atoms with van der Waals surface area (Å²) < 4.78 is 10.9. The molecular formula is C13H13NO3. The summed E-state index contributed by atoms with van der Waals surface area (Å²) in [6, 6.07) is 7.93. The van der Waals surface area contributed by atoms with E-state index in [2.05, 4.69) is 6.07 Å². The lowest BCUT2D eigenvalue weighted by Crippen LogP contribution is -2.16. The molecule has 1 aliphatic heterocycles. The topological polar surface area (TPSA) is 62.5 Å². The van der Waals surface area contributed by atoms with Gasteiger partial charge in [-0.3, -0.25) is 0 Å². The molecule has 4 heteroatoms. The van der Waals surface area contributed by atoms with E-state index >= 15 is 0 Å². The largest absolute Gasteiger partial charge is 0.486 e. The van der Waals surface area contributed by atoms with E-state index in [1.807, 2.05) is 18.2 Å². The summed E-state index contributed by atoms with van der Waals surface area (Å²) in [5, 5.41) is 18.4. The van der Waals surface area contributed by atoms with Gasteiger partial charge >= 0.3 is 0 Å². The zero-order valence-electron chi connectivity index (χ0n) is 9.35. The van der Waals surface area contributed by atoms with Crippen molar-refractivity contribution in [1.29, 1.82) is 5.26 Å². The summed E-state index contributed by atoms with van der Waals surface area (Å²) in [5.74, 6) is 1.48. The molecule has 2 aliphatic rings. The van der Waals surface area contributed by atoms with Crippen LogP contribution in [-0.2, 0) is 5.41 Å². The highest BCUT2D eigenvalue weighted by atomic mass is 16.6. The number of ether oxygens (including phenoxy) is 2.